The average Bonchev–Trinajstić information content (AvgIpc) is 2.51. The predicted octanol–water partition coefficient (Wildman–Crippen LogP) is 2.71. The zero-order valence-electron chi connectivity index (χ0n) is 14.8. The summed E-state index contributed by atoms with van der Waals surface area (Å²) >= 11 is 0. The summed E-state index contributed by atoms with van der Waals surface area (Å²) in [5.74, 6) is 1.01. The summed E-state index contributed by atoms with van der Waals surface area (Å²) in [5, 5.41) is 6.12. The molecule has 0 bridgehead atoms. The van der Waals surface area contributed by atoms with Crippen LogP contribution in [-0.2, 0) is 0 Å². The molecule has 0 aliphatic carbocycles. The molecule has 1 aromatic heterocycles. The number of carbonyl (C=O) groups excluding carboxylic acids is 1. The van der Waals surface area contributed by atoms with Gasteiger partial charge in [0.25, 0.3) is 5.91 Å². The van der Waals surface area contributed by atoms with Crippen molar-refractivity contribution in [2.75, 3.05) is 37.8 Å². The van der Waals surface area contributed by atoms with Crippen LogP contribution >= 0.6 is 0 Å². The molecule has 2 rings (SSSR count). The molecular formula is C18H25N5O. The number of anilines is 2. The molecule has 6 nitrogen and oxygen atoms in total. The first-order chi connectivity index (χ1) is 11.4. The van der Waals surface area contributed by atoms with Gasteiger partial charge in [0.2, 0.25) is 0 Å². The zero-order valence-corrected chi connectivity index (χ0v) is 14.8. The van der Waals surface area contributed by atoms with E-state index in [1.807, 2.05) is 45.3 Å². The van der Waals surface area contributed by atoms with Gasteiger partial charge in [0.05, 0.1) is 0 Å². The highest BCUT2D eigenvalue weighted by molar-refractivity contribution is 6.03. The molecule has 0 spiro atoms. The third-order valence-corrected chi connectivity index (χ3v) is 3.43. The largest absolute Gasteiger partial charge is 0.370 e. The van der Waals surface area contributed by atoms with E-state index in [9.17, 15) is 4.79 Å². The first-order valence-electron chi connectivity index (χ1n) is 8.06. The number of benzene rings is 1. The Morgan fingerprint density at radius 3 is 2.67 bits per heavy atom. The van der Waals surface area contributed by atoms with Crippen LogP contribution in [0.15, 0.2) is 30.3 Å². The van der Waals surface area contributed by atoms with E-state index in [4.69, 9.17) is 0 Å². The number of amides is 1. The molecule has 1 aromatic carbocycles. The third kappa shape index (κ3) is 5.62. The minimum absolute atomic E-state index is 0.234. The van der Waals surface area contributed by atoms with Gasteiger partial charge >= 0.3 is 0 Å². The van der Waals surface area contributed by atoms with Crippen LogP contribution in [0.1, 0.15) is 28.3 Å². The van der Waals surface area contributed by atoms with Crippen LogP contribution in [0.3, 0.4) is 0 Å². The highest BCUT2D eigenvalue weighted by atomic mass is 16.1. The number of aryl methyl sites for hydroxylation is 2. The van der Waals surface area contributed by atoms with Crippen molar-refractivity contribution in [2.45, 2.75) is 20.3 Å². The Labute approximate surface area is 143 Å². The molecule has 0 fully saturated rings. The van der Waals surface area contributed by atoms with Crippen LogP contribution in [0.25, 0.3) is 0 Å². The van der Waals surface area contributed by atoms with Crippen LogP contribution in [0, 0.1) is 13.8 Å². The van der Waals surface area contributed by atoms with Crippen LogP contribution < -0.4 is 10.6 Å². The van der Waals surface area contributed by atoms with Gasteiger partial charge in [-0.3, -0.25) is 4.79 Å². The molecule has 0 atom stereocenters. The van der Waals surface area contributed by atoms with Gasteiger partial charge in [0, 0.05) is 18.3 Å². The van der Waals surface area contributed by atoms with E-state index in [-0.39, 0.29) is 5.91 Å². The van der Waals surface area contributed by atoms with Gasteiger partial charge in [-0.15, -0.1) is 0 Å². The summed E-state index contributed by atoms with van der Waals surface area (Å²) in [6, 6.07) is 9.37. The number of nitrogens with zero attached hydrogens (tertiary/aromatic N) is 3. The lowest BCUT2D eigenvalue weighted by atomic mass is 10.2. The zero-order chi connectivity index (χ0) is 17.5. The van der Waals surface area contributed by atoms with Crippen LogP contribution in [0.5, 0.6) is 0 Å². The molecule has 24 heavy (non-hydrogen) atoms. The lowest BCUT2D eigenvalue weighted by molar-refractivity contribution is 0.102. The second-order valence-corrected chi connectivity index (χ2v) is 6.09. The number of hydrogen-bond donors (Lipinski definition) is 2. The number of nitrogens with one attached hydrogen (secondary N) is 2. The summed E-state index contributed by atoms with van der Waals surface area (Å²) in [7, 11) is 4.09. The molecule has 2 aromatic rings. The maximum absolute atomic E-state index is 12.4. The molecule has 0 aliphatic heterocycles. The van der Waals surface area contributed by atoms with E-state index in [2.05, 4.69) is 25.5 Å². The first kappa shape index (κ1) is 17.9. The molecule has 1 amide bonds. The highest BCUT2D eigenvalue weighted by Gasteiger charge is 2.11. The van der Waals surface area contributed by atoms with E-state index in [0.29, 0.717) is 17.3 Å². The Morgan fingerprint density at radius 2 is 1.96 bits per heavy atom. The van der Waals surface area contributed by atoms with Gasteiger partial charge in [-0.1, -0.05) is 12.1 Å². The smallest absolute Gasteiger partial charge is 0.274 e. The number of hydrogen-bond acceptors (Lipinski definition) is 5. The minimum Gasteiger partial charge on any atom is -0.370 e. The fraction of sp³-hybridized carbons (Fsp3) is 0.389. The van der Waals surface area contributed by atoms with Crippen LogP contribution in [0.4, 0.5) is 11.5 Å². The molecule has 1 heterocycles. The maximum Gasteiger partial charge on any atom is 0.274 e. The van der Waals surface area contributed by atoms with Crippen molar-refractivity contribution in [3.05, 3.63) is 47.4 Å². The van der Waals surface area contributed by atoms with Gasteiger partial charge in [-0.25, -0.2) is 9.97 Å². The Balaban J connectivity index is 2.02. The molecule has 0 aliphatic rings. The molecule has 128 valence electrons. The molecule has 0 saturated carbocycles. The second-order valence-electron chi connectivity index (χ2n) is 6.09. The Hall–Kier alpha value is -2.47. The van der Waals surface area contributed by atoms with Gasteiger partial charge in [0.1, 0.15) is 17.3 Å². The maximum atomic E-state index is 12.4. The molecule has 0 saturated heterocycles. The SMILES string of the molecule is Cc1cccc(NC(=O)c2cc(NCCCN(C)C)nc(C)n2)c1. The highest BCUT2D eigenvalue weighted by Crippen LogP contribution is 2.13. The van der Waals surface area contributed by atoms with Crippen molar-refractivity contribution in [1.82, 2.24) is 14.9 Å². The summed E-state index contributed by atoms with van der Waals surface area (Å²) in [5.41, 5.74) is 2.21. The lowest BCUT2D eigenvalue weighted by Gasteiger charge is -2.11. The van der Waals surface area contributed by atoms with Crippen molar-refractivity contribution in [3.8, 4) is 0 Å². The Bertz CT molecular complexity index is 700. The van der Waals surface area contributed by atoms with E-state index in [1.165, 1.54) is 0 Å². The third-order valence-electron chi connectivity index (χ3n) is 3.43. The summed E-state index contributed by atoms with van der Waals surface area (Å²) in [6.07, 6.45) is 1.00. The molecule has 0 radical (unpaired) electrons. The van der Waals surface area contributed by atoms with Gasteiger partial charge in [-0.05, 0) is 58.6 Å². The van der Waals surface area contributed by atoms with Crippen molar-refractivity contribution in [1.29, 1.82) is 0 Å². The summed E-state index contributed by atoms with van der Waals surface area (Å²) in [4.78, 5) is 23.1. The van der Waals surface area contributed by atoms with Gasteiger partial charge in [-0.2, -0.15) is 0 Å². The van der Waals surface area contributed by atoms with Gasteiger partial charge in [0.15, 0.2) is 0 Å². The molecule has 6 heteroatoms. The predicted molar refractivity (Wildman–Crippen MR) is 97.6 cm³/mol. The monoisotopic (exact) mass is 327 g/mol. The minimum atomic E-state index is -0.234. The molecule has 2 N–H and O–H groups in total. The fourth-order valence-electron chi connectivity index (χ4n) is 2.30. The van der Waals surface area contributed by atoms with E-state index in [1.54, 1.807) is 13.0 Å². The van der Waals surface area contributed by atoms with E-state index in [0.717, 1.165) is 30.8 Å². The van der Waals surface area contributed by atoms with E-state index >= 15 is 0 Å². The van der Waals surface area contributed by atoms with Gasteiger partial charge < -0.3 is 15.5 Å². The van der Waals surface area contributed by atoms with Crippen molar-refractivity contribution >= 4 is 17.4 Å². The average molecular weight is 327 g/mol. The summed E-state index contributed by atoms with van der Waals surface area (Å²) in [6.45, 7) is 5.57. The van der Waals surface area contributed by atoms with Crippen molar-refractivity contribution < 1.29 is 4.79 Å². The number of aromatic nitrogens is 2. The standard InChI is InChI=1S/C18H25N5O/c1-13-7-5-8-15(11-13)22-18(24)16-12-17(21-14(2)20-16)19-9-6-10-23(3)4/h5,7-8,11-12H,6,9-10H2,1-4H3,(H,22,24)(H,19,20,21). The first-order valence-corrected chi connectivity index (χ1v) is 8.06. The topological polar surface area (TPSA) is 70.2 Å². The van der Waals surface area contributed by atoms with Crippen molar-refractivity contribution in [3.63, 3.8) is 0 Å². The quantitative estimate of drug-likeness (QED) is 0.765. The number of rotatable bonds is 7. The molecule has 0 unspecified atom stereocenters. The van der Waals surface area contributed by atoms with Crippen molar-refractivity contribution in [2.24, 2.45) is 0 Å². The summed E-state index contributed by atoms with van der Waals surface area (Å²) < 4.78 is 0. The number of carbonyl (C=O) groups is 1. The van der Waals surface area contributed by atoms with Crippen LogP contribution in [0.2, 0.25) is 0 Å². The molecular weight excluding hydrogens is 302 g/mol. The Kier molecular flexibility index (Phi) is 6.26. The lowest BCUT2D eigenvalue weighted by Crippen LogP contribution is -2.18. The normalized spacial score (nSPS) is 10.7. The Morgan fingerprint density at radius 1 is 1.17 bits per heavy atom. The van der Waals surface area contributed by atoms with E-state index < -0.39 is 0 Å². The second kappa shape index (κ2) is 8.40. The van der Waals surface area contributed by atoms with Crippen LogP contribution in [-0.4, -0.2) is 48.0 Å². The fourth-order valence-corrected chi connectivity index (χ4v) is 2.30.